The number of thiocarbonyl (C=S) groups is 1. The molecule has 0 atom stereocenters. The molecule has 0 bridgehead atoms. The summed E-state index contributed by atoms with van der Waals surface area (Å²) in [6.45, 7) is 2.79. The van der Waals surface area contributed by atoms with Crippen LogP contribution in [0.1, 0.15) is 31.7 Å². The van der Waals surface area contributed by atoms with Gasteiger partial charge in [-0.2, -0.15) is 0 Å². The first-order valence-corrected chi connectivity index (χ1v) is 6.84. The Labute approximate surface area is 119 Å². The summed E-state index contributed by atoms with van der Waals surface area (Å²) in [4.78, 5) is 11.8. The largest absolute Gasteiger partial charge is 0.483 e. The van der Waals surface area contributed by atoms with E-state index in [1.54, 1.807) is 12.1 Å². The zero-order chi connectivity index (χ0) is 14.1. The number of carbonyl (C=O) groups excluding carboxylic acids is 1. The molecule has 0 heterocycles. The van der Waals surface area contributed by atoms with Crippen molar-refractivity contribution < 1.29 is 9.53 Å². The van der Waals surface area contributed by atoms with E-state index in [0.717, 1.165) is 19.3 Å². The highest BCUT2D eigenvalue weighted by Gasteiger charge is 2.07. The standard InChI is InChI=1S/C14H20N2O2S/c1-2-3-6-9-16-13(17)10-18-12-8-5-4-7-11(12)14(15)19/h4-5,7-8H,2-3,6,9-10H2,1H3,(H2,15,19)(H,16,17). The Hall–Kier alpha value is -1.62. The average Bonchev–Trinajstić information content (AvgIpc) is 2.41. The van der Waals surface area contributed by atoms with Crippen LogP contribution in [0.3, 0.4) is 0 Å². The fourth-order valence-corrected chi connectivity index (χ4v) is 1.76. The lowest BCUT2D eigenvalue weighted by Gasteiger charge is -2.10. The SMILES string of the molecule is CCCCCNC(=O)COc1ccccc1C(N)=S. The van der Waals surface area contributed by atoms with E-state index in [0.29, 0.717) is 17.9 Å². The topological polar surface area (TPSA) is 64.3 Å². The van der Waals surface area contributed by atoms with Gasteiger partial charge in [-0.1, -0.05) is 44.1 Å². The lowest BCUT2D eigenvalue weighted by molar-refractivity contribution is -0.123. The van der Waals surface area contributed by atoms with Crippen LogP contribution in [0.2, 0.25) is 0 Å². The van der Waals surface area contributed by atoms with E-state index < -0.39 is 0 Å². The predicted octanol–water partition coefficient (Wildman–Crippen LogP) is 2.01. The van der Waals surface area contributed by atoms with Crippen LogP contribution in [0.4, 0.5) is 0 Å². The Morgan fingerprint density at radius 2 is 2.11 bits per heavy atom. The number of amides is 1. The highest BCUT2D eigenvalue weighted by atomic mass is 32.1. The van der Waals surface area contributed by atoms with Crippen molar-refractivity contribution in [2.24, 2.45) is 5.73 Å². The van der Waals surface area contributed by atoms with Gasteiger partial charge < -0.3 is 15.8 Å². The first-order valence-electron chi connectivity index (χ1n) is 6.43. The molecule has 0 aliphatic heterocycles. The second-order valence-corrected chi connectivity index (χ2v) is 4.65. The van der Waals surface area contributed by atoms with Crippen molar-refractivity contribution in [3.63, 3.8) is 0 Å². The van der Waals surface area contributed by atoms with E-state index in [1.165, 1.54) is 0 Å². The molecule has 5 heteroatoms. The Balaban J connectivity index is 2.40. The van der Waals surface area contributed by atoms with Gasteiger partial charge in [0.2, 0.25) is 0 Å². The Morgan fingerprint density at radius 1 is 1.37 bits per heavy atom. The highest BCUT2D eigenvalue weighted by molar-refractivity contribution is 7.80. The number of nitrogens with one attached hydrogen (secondary N) is 1. The monoisotopic (exact) mass is 280 g/mol. The van der Waals surface area contributed by atoms with Gasteiger partial charge in [0.25, 0.3) is 5.91 Å². The summed E-state index contributed by atoms with van der Waals surface area (Å²) < 4.78 is 5.44. The molecule has 0 saturated carbocycles. The van der Waals surface area contributed by atoms with Gasteiger partial charge in [0, 0.05) is 6.54 Å². The van der Waals surface area contributed by atoms with Crippen molar-refractivity contribution in [1.82, 2.24) is 5.32 Å². The normalized spacial score (nSPS) is 9.95. The molecule has 104 valence electrons. The van der Waals surface area contributed by atoms with E-state index in [4.69, 9.17) is 22.7 Å². The fourth-order valence-electron chi connectivity index (χ4n) is 1.59. The van der Waals surface area contributed by atoms with Crippen molar-refractivity contribution >= 4 is 23.1 Å². The molecular formula is C14H20N2O2S. The fraction of sp³-hybridized carbons (Fsp3) is 0.429. The van der Waals surface area contributed by atoms with Gasteiger partial charge in [0.05, 0.1) is 5.56 Å². The van der Waals surface area contributed by atoms with Crippen molar-refractivity contribution in [3.05, 3.63) is 29.8 Å². The number of nitrogens with two attached hydrogens (primary N) is 1. The summed E-state index contributed by atoms with van der Waals surface area (Å²) in [7, 11) is 0. The Bertz CT molecular complexity index is 435. The van der Waals surface area contributed by atoms with E-state index in [9.17, 15) is 4.79 Å². The van der Waals surface area contributed by atoms with Crippen LogP contribution >= 0.6 is 12.2 Å². The zero-order valence-electron chi connectivity index (χ0n) is 11.1. The third kappa shape index (κ3) is 5.70. The maximum absolute atomic E-state index is 11.6. The molecule has 0 spiro atoms. The summed E-state index contributed by atoms with van der Waals surface area (Å²) in [5.41, 5.74) is 6.23. The number of unbranched alkanes of at least 4 members (excludes halogenated alkanes) is 2. The zero-order valence-corrected chi connectivity index (χ0v) is 12.0. The molecule has 0 aliphatic rings. The number of para-hydroxylation sites is 1. The summed E-state index contributed by atoms with van der Waals surface area (Å²) in [6, 6.07) is 7.16. The third-order valence-electron chi connectivity index (χ3n) is 2.61. The van der Waals surface area contributed by atoms with Crippen molar-refractivity contribution in [2.45, 2.75) is 26.2 Å². The van der Waals surface area contributed by atoms with Crippen molar-refractivity contribution in [1.29, 1.82) is 0 Å². The second-order valence-electron chi connectivity index (χ2n) is 4.21. The van der Waals surface area contributed by atoms with E-state index in [2.05, 4.69) is 12.2 Å². The van der Waals surface area contributed by atoms with Crippen molar-refractivity contribution in [3.8, 4) is 5.75 Å². The van der Waals surface area contributed by atoms with Crippen LogP contribution in [0.5, 0.6) is 5.75 Å². The molecule has 0 fully saturated rings. The molecule has 0 aliphatic carbocycles. The highest BCUT2D eigenvalue weighted by Crippen LogP contribution is 2.17. The lowest BCUT2D eigenvalue weighted by Crippen LogP contribution is -2.30. The molecule has 4 nitrogen and oxygen atoms in total. The summed E-state index contributed by atoms with van der Waals surface area (Å²) >= 11 is 4.93. The minimum Gasteiger partial charge on any atom is -0.483 e. The molecule has 0 radical (unpaired) electrons. The Morgan fingerprint density at radius 3 is 2.79 bits per heavy atom. The van der Waals surface area contributed by atoms with Gasteiger partial charge in [0.1, 0.15) is 10.7 Å². The van der Waals surface area contributed by atoms with Gasteiger partial charge in [0.15, 0.2) is 6.61 Å². The van der Waals surface area contributed by atoms with Crippen LogP contribution < -0.4 is 15.8 Å². The molecule has 1 amide bonds. The smallest absolute Gasteiger partial charge is 0.257 e. The van der Waals surface area contributed by atoms with E-state index >= 15 is 0 Å². The average molecular weight is 280 g/mol. The molecule has 0 aromatic heterocycles. The molecule has 19 heavy (non-hydrogen) atoms. The molecule has 3 N–H and O–H groups in total. The number of ether oxygens (including phenoxy) is 1. The molecule has 1 rings (SSSR count). The van der Waals surface area contributed by atoms with Gasteiger partial charge in [-0.3, -0.25) is 4.79 Å². The van der Waals surface area contributed by atoms with Gasteiger partial charge >= 0.3 is 0 Å². The number of hydrogen-bond acceptors (Lipinski definition) is 3. The quantitative estimate of drug-likeness (QED) is 0.565. The number of rotatable bonds is 8. The first kappa shape index (κ1) is 15.4. The molecule has 0 saturated heterocycles. The Kier molecular flexibility index (Phi) is 6.89. The second kappa shape index (κ2) is 8.48. The molecule has 0 unspecified atom stereocenters. The number of carbonyl (C=O) groups is 1. The van der Waals surface area contributed by atoms with Crippen LogP contribution in [-0.4, -0.2) is 24.0 Å². The maximum Gasteiger partial charge on any atom is 0.257 e. The van der Waals surface area contributed by atoms with Gasteiger partial charge in [-0.15, -0.1) is 0 Å². The number of benzene rings is 1. The summed E-state index contributed by atoms with van der Waals surface area (Å²) in [5, 5.41) is 2.81. The maximum atomic E-state index is 11.6. The van der Waals surface area contributed by atoms with Crippen molar-refractivity contribution in [2.75, 3.05) is 13.2 Å². The lowest BCUT2D eigenvalue weighted by atomic mass is 10.2. The summed E-state index contributed by atoms with van der Waals surface area (Å²) in [5.74, 6) is 0.410. The minimum atomic E-state index is -0.131. The number of hydrogen-bond donors (Lipinski definition) is 2. The van der Waals surface area contributed by atoms with Gasteiger partial charge in [-0.25, -0.2) is 0 Å². The van der Waals surface area contributed by atoms with Crippen LogP contribution in [-0.2, 0) is 4.79 Å². The third-order valence-corrected chi connectivity index (χ3v) is 2.83. The first-order chi connectivity index (χ1) is 9.15. The van der Waals surface area contributed by atoms with E-state index in [1.807, 2.05) is 12.1 Å². The van der Waals surface area contributed by atoms with E-state index in [-0.39, 0.29) is 17.5 Å². The predicted molar refractivity (Wildman–Crippen MR) is 80.4 cm³/mol. The minimum absolute atomic E-state index is 0.0221. The van der Waals surface area contributed by atoms with Crippen LogP contribution in [0, 0.1) is 0 Å². The van der Waals surface area contributed by atoms with Crippen LogP contribution in [0.25, 0.3) is 0 Å². The molecule has 1 aromatic carbocycles. The van der Waals surface area contributed by atoms with Crippen LogP contribution in [0.15, 0.2) is 24.3 Å². The molecular weight excluding hydrogens is 260 g/mol. The van der Waals surface area contributed by atoms with Gasteiger partial charge in [-0.05, 0) is 18.6 Å². The summed E-state index contributed by atoms with van der Waals surface area (Å²) in [6.07, 6.45) is 3.24. The molecule has 1 aromatic rings.